The Bertz CT molecular complexity index is 269. The highest BCUT2D eigenvalue weighted by Gasteiger charge is 2.22. The van der Waals surface area contributed by atoms with Crippen molar-refractivity contribution in [3.63, 3.8) is 0 Å². The SMILES string of the molecule is OC1=CN=C2N(O)C=CN2C1. The van der Waals surface area contributed by atoms with Gasteiger partial charge in [0.25, 0.3) is 0 Å². The average molecular weight is 153 g/mol. The van der Waals surface area contributed by atoms with Crippen molar-refractivity contribution in [1.82, 2.24) is 9.96 Å². The monoisotopic (exact) mass is 153 g/mol. The van der Waals surface area contributed by atoms with Crippen LogP contribution in [-0.2, 0) is 0 Å². The molecular formula is C6H7N3O2. The Balaban J connectivity index is 2.31. The third kappa shape index (κ3) is 0.857. The van der Waals surface area contributed by atoms with Gasteiger partial charge in [-0.3, -0.25) is 5.21 Å². The Morgan fingerprint density at radius 1 is 1.45 bits per heavy atom. The maximum atomic E-state index is 9.07. The van der Waals surface area contributed by atoms with E-state index in [0.29, 0.717) is 12.5 Å². The summed E-state index contributed by atoms with van der Waals surface area (Å²) in [7, 11) is 0. The van der Waals surface area contributed by atoms with Crippen LogP contribution in [0.1, 0.15) is 0 Å². The molecule has 5 nitrogen and oxygen atoms in total. The van der Waals surface area contributed by atoms with E-state index in [-0.39, 0.29) is 5.76 Å². The molecule has 0 aliphatic carbocycles. The summed E-state index contributed by atoms with van der Waals surface area (Å²) in [5, 5.41) is 19.0. The van der Waals surface area contributed by atoms with Gasteiger partial charge in [0.05, 0.1) is 18.9 Å². The van der Waals surface area contributed by atoms with Gasteiger partial charge in [-0.15, -0.1) is 0 Å². The molecule has 2 aliphatic heterocycles. The van der Waals surface area contributed by atoms with Gasteiger partial charge in [-0.2, -0.15) is 5.06 Å². The van der Waals surface area contributed by atoms with Crippen LogP contribution in [0.5, 0.6) is 0 Å². The van der Waals surface area contributed by atoms with Gasteiger partial charge in [-0.1, -0.05) is 0 Å². The van der Waals surface area contributed by atoms with E-state index in [1.807, 2.05) is 0 Å². The van der Waals surface area contributed by atoms with Crippen molar-refractivity contribution in [3.05, 3.63) is 24.4 Å². The number of hydroxylamine groups is 2. The van der Waals surface area contributed by atoms with Crippen molar-refractivity contribution in [1.29, 1.82) is 0 Å². The van der Waals surface area contributed by atoms with Gasteiger partial charge in [0.2, 0.25) is 5.96 Å². The van der Waals surface area contributed by atoms with E-state index < -0.39 is 0 Å². The first-order valence-electron chi connectivity index (χ1n) is 3.16. The normalized spacial score (nSPS) is 21.5. The Morgan fingerprint density at radius 3 is 3.09 bits per heavy atom. The molecular weight excluding hydrogens is 146 g/mol. The Kier molecular flexibility index (Phi) is 1.13. The highest BCUT2D eigenvalue weighted by atomic mass is 16.5. The number of aliphatic hydroxyl groups excluding tert-OH is 1. The lowest BCUT2D eigenvalue weighted by Gasteiger charge is -2.20. The zero-order valence-electron chi connectivity index (χ0n) is 5.68. The van der Waals surface area contributed by atoms with Gasteiger partial charge in [-0.25, -0.2) is 4.99 Å². The molecule has 0 spiro atoms. The Labute approximate surface area is 63.1 Å². The summed E-state index contributed by atoms with van der Waals surface area (Å²) in [6.45, 7) is 0.367. The molecule has 0 radical (unpaired) electrons. The van der Waals surface area contributed by atoms with Gasteiger partial charge < -0.3 is 10.0 Å². The maximum absolute atomic E-state index is 9.07. The summed E-state index contributed by atoms with van der Waals surface area (Å²) < 4.78 is 0. The van der Waals surface area contributed by atoms with Crippen LogP contribution in [0.25, 0.3) is 0 Å². The lowest BCUT2D eigenvalue weighted by Crippen LogP contribution is -2.34. The van der Waals surface area contributed by atoms with E-state index in [9.17, 15) is 0 Å². The molecule has 2 heterocycles. The highest BCUT2D eigenvalue weighted by Crippen LogP contribution is 2.13. The number of hydrogen-bond donors (Lipinski definition) is 2. The zero-order valence-corrected chi connectivity index (χ0v) is 5.68. The van der Waals surface area contributed by atoms with Gasteiger partial charge in [-0.05, 0) is 0 Å². The maximum Gasteiger partial charge on any atom is 0.234 e. The van der Waals surface area contributed by atoms with E-state index in [1.165, 1.54) is 12.4 Å². The van der Waals surface area contributed by atoms with Crippen molar-refractivity contribution in [2.24, 2.45) is 4.99 Å². The molecule has 0 aromatic carbocycles. The Morgan fingerprint density at radius 2 is 2.27 bits per heavy atom. The Hall–Kier alpha value is -1.49. The summed E-state index contributed by atoms with van der Waals surface area (Å²) in [5.74, 6) is 0.608. The molecule has 0 atom stereocenters. The standard InChI is InChI=1S/C6H7N3O2/c10-5-3-7-6-8(4-5)1-2-9(6)11/h1-3,10-11H,4H2. The fraction of sp³-hybridized carbons (Fsp3) is 0.167. The third-order valence-corrected chi connectivity index (χ3v) is 1.51. The summed E-state index contributed by atoms with van der Waals surface area (Å²) in [4.78, 5) is 5.43. The predicted octanol–water partition coefficient (Wildman–Crippen LogP) is 0.233. The highest BCUT2D eigenvalue weighted by molar-refractivity contribution is 5.84. The lowest BCUT2D eigenvalue weighted by molar-refractivity contribution is 0.0344. The zero-order chi connectivity index (χ0) is 7.84. The van der Waals surface area contributed by atoms with Crippen molar-refractivity contribution in [3.8, 4) is 0 Å². The van der Waals surface area contributed by atoms with Crippen LogP contribution in [0.4, 0.5) is 0 Å². The first-order valence-corrected chi connectivity index (χ1v) is 3.16. The number of fused-ring (bicyclic) bond motifs is 1. The van der Waals surface area contributed by atoms with Gasteiger partial charge >= 0.3 is 0 Å². The van der Waals surface area contributed by atoms with Crippen molar-refractivity contribution in [2.45, 2.75) is 0 Å². The number of hydrogen-bond acceptors (Lipinski definition) is 5. The van der Waals surface area contributed by atoms with E-state index in [2.05, 4.69) is 4.99 Å². The quantitative estimate of drug-likeness (QED) is 0.523. The summed E-state index contributed by atoms with van der Waals surface area (Å²) in [6.07, 6.45) is 4.43. The molecule has 0 fully saturated rings. The van der Waals surface area contributed by atoms with Crippen molar-refractivity contribution >= 4 is 5.96 Å². The topological polar surface area (TPSA) is 59.3 Å². The number of aliphatic hydroxyl groups is 1. The molecule has 2 rings (SSSR count). The van der Waals surface area contributed by atoms with E-state index >= 15 is 0 Å². The minimum atomic E-state index is 0.189. The first-order chi connectivity index (χ1) is 5.27. The second kappa shape index (κ2) is 2.00. The van der Waals surface area contributed by atoms with Gasteiger partial charge in [0.15, 0.2) is 0 Å². The van der Waals surface area contributed by atoms with Crippen LogP contribution in [0.3, 0.4) is 0 Å². The molecule has 0 saturated heterocycles. The third-order valence-electron chi connectivity index (χ3n) is 1.51. The van der Waals surface area contributed by atoms with Crippen LogP contribution in [0.15, 0.2) is 29.4 Å². The largest absolute Gasteiger partial charge is 0.509 e. The molecule has 58 valence electrons. The molecule has 0 unspecified atom stereocenters. The molecule has 5 heteroatoms. The number of guanidine groups is 1. The molecule has 0 amide bonds. The number of rotatable bonds is 0. The van der Waals surface area contributed by atoms with Crippen LogP contribution in [-0.4, -0.2) is 32.8 Å². The second-order valence-corrected chi connectivity index (χ2v) is 2.32. The predicted molar refractivity (Wildman–Crippen MR) is 37.6 cm³/mol. The lowest BCUT2D eigenvalue weighted by atomic mass is 10.4. The minimum Gasteiger partial charge on any atom is -0.509 e. The summed E-state index contributed by atoms with van der Waals surface area (Å²) in [5.41, 5.74) is 0. The summed E-state index contributed by atoms with van der Waals surface area (Å²) in [6, 6.07) is 0. The van der Waals surface area contributed by atoms with Crippen LogP contribution >= 0.6 is 0 Å². The van der Waals surface area contributed by atoms with Crippen molar-refractivity contribution in [2.75, 3.05) is 6.54 Å². The molecule has 11 heavy (non-hydrogen) atoms. The molecule has 0 bridgehead atoms. The minimum absolute atomic E-state index is 0.189. The molecule has 0 saturated carbocycles. The smallest absolute Gasteiger partial charge is 0.234 e. The van der Waals surface area contributed by atoms with Gasteiger partial charge in [0.1, 0.15) is 5.76 Å². The molecule has 0 aromatic heterocycles. The van der Waals surface area contributed by atoms with Gasteiger partial charge in [0, 0.05) is 6.20 Å². The molecule has 2 N–H and O–H groups in total. The summed E-state index contributed by atoms with van der Waals surface area (Å²) >= 11 is 0. The fourth-order valence-electron chi connectivity index (χ4n) is 1.01. The number of aliphatic imine (C=N–C) groups is 1. The van der Waals surface area contributed by atoms with Crippen LogP contribution < -0.4 is 0 Å². The van der Waals surface area contributed by atoms with E-state index in [0.717, 1.165) is 5.06 Å². The van der Waals surface area contributed by atoms with Crippen molar-refractivity contribution < 1.29 is 10.3 Å². The fourth-order valence-corrected chi connectivity index (χ4v) is 1.01. The average Bonchev–Trinajstić information content (AvgIpc) is 2.32. The van der Waals surface area contributed by atoms with Crippen LogP contribution in [0.2, 0.25) is 0 Å². The molecule has 0 aromatic rings. The van der Waals surface area contributed by atoms with Crippen LogP contribution in [0, 0.1) is 0 Å². The number of nitrogens with zero attached hydrogens (tertiary/aromatic N) is 3. The molecule has 2 aliphatic rings. The van der Waals surface area contributed by atoms with E-state index in [4.69, 9.17) is 10.3 Å². The second-order valence-electron chi connectivity index (χ2n) is 2.32. The first kappa shape index (κ1) is 6.23. The van der Waals surface area contributed by atoms with E-state index in [1.54, 1.807) is 11.1 Å².